The maximum atomic E-state index is 12.4. The summed E-state index contributed by atoms with van der Waals surface area (Å²) in [6.07, 6.45) is -12.6. The summed E-state index contributed by atoms with van der Waals surface area (Å²) < 4.78 is 42.8. The molecule has 0 bridgehead atoms. The van der Waals surface area contributed by atoms with E-state index in [4.69, 9.17) is 37.9 Å². The molecule has 3 heterocycles. The zero-order valence-corrected chi connectivity index (χ0v) is 22.1. The summed E-state index contributed by atoms with van der Waals surface area (Å²) in [5, 5.41) is 34.0. The third-order valence-electron chi connectivity index (χ3n) is 5.99. The van der Waals surface area contributed by atoms with Crippen LogP contribution in [0.15, 0.2) is 0 Å². The first-order valence-corrected chi connectivity index (χ1v) is 12.3. The molecule has 0 saturated carbocycles. The van der Waals surface area contributed by atoms with Gasteiger partial charge in [-0.3, -0.25) is 19.2 Å². The van der Waals surface area contributed by atoms with E-state index in [9.17, 15) is 34.5 Å². The highest BCUT2D eigenvalue weighted by atomic mass is 16.8. The first-order chi connectivity index (χ1) is 18.2. The predicted octanol–water partition coefficient (Wildman–Crippen LogP) is -2.77. The second-order valence-electron chi connectivity index (χ2n) is 9.73. The highest BCUT2D eigenvalue weighted by Crippen LogP contribution is 2.38. The van der Waals surface area contributed by atoms with Crippen molar-refractivity contribution in [3.8, 4) is 0 Å². The van der Waals surface area contributed by atoms with Crippen LogP contribution in [0.5, 0.6) is 0 Å². The molecule has 10 atom stereocenters. The molecule has 0 aromatic carbocycles. The van der Waals surface area contributed by atoms with Crippen molar-refractivity contribution >= 4 is 23.8 Å². The van der Waals surface area contributed by atoms with Crippen molar-refractivity contribution in [3.05, 3.63) is 0 Å². The third-order valence-corrected chi connectivity index (χ3v) is 5.99. The van der Waals surface area contributed by atoms with Gasteiger partial charge in [0.1, 0.15) is 49.8 Å². The zero-order valence-electron chi connectivity index (χ0n) is 22.1. The van der Waals surface area contributed by atoms with Crippen LogP contribution < -0.4 is 5.32 Å². The number of esters is 3. The molecular formula is C23H35NO15. The first kappa shape index (κ1) is 31.1. The lowest BCUT2D eigenvalue weighted by Crippen LogP contribution is -2.62. The maximum absolute atomic E-state index is 12.4. The monoisotopic (exact) mass is 565 g/mol. The van der Waals surface area contributed by atoms with E-state index in [1.165, 1.54) is 0 Å². The molecule has 222 valence electrons. The minimum Gasteiger partial charge on any atom is -0.463 e. The first-order valence-electron chi connectivity index (χ1n) is 12.3. The van der Waals surface area contributed by atoms with E-state index in [1.54, 1.807) is 13.8 Å². The fraction of sp³-hybridized carbons (Fsp3) is 0.826. The Hall–Kier alpha value is -2.44. The molecule has 0 radical (unpaired) electrons. The summed E-state index contributed by atoms with van der Waals surface area (Å²) in [5.74, 6) is -3.95. The molecule has 3 saturated heterocycles. The molecule has 0 spiro atoms. The second kappa shape index (κ2) is 12.8. The van der Waals surface area contributed by atoms with Gasteiger partial charge in [0.15, 0.2) is 30.6 Å². The Morgan fingerprint density at radius 2 is 1.56 bits per heavy atom. The number of aliphatic hydroxyl groups excluding tert-OH is 3. The normalized spacial score (nSPS) is 35.9. The van der Waals surface area contributed by atoms with Crippen LogP contribution in [0.3, 0.4) is 0 Å². The molecule has 16 nitrogen and oxygen atoms in total. The Labute approximate surface area is 223 Å². The van der Waals surface area contributed by atoms with Crippen molar-refractivity contribution in [2.45, 2.75) is 102 Å². The van der Waals surface area contributed by atoms with Gasteiger partial charge in [-0.2, -0.15) is 0 Å². The second-order valence-corrected chi connectivity index (χ2v) is 9.73. The van der Waals surface area contributed by atoms with Gasteiger partial charge in [-0.25, -0.2) is 0 Å². The largest absolute Gasteiger partial charge is 0.463 e. The number of carbonyl (C=O) groups is 4. The summed E-state index contributed by atoms with van der Waals surface area (Å²) in [6, 6.07) is 0. The number of ether oxygens (including phenoxy) is 8. The van der Waals surface area contributed by atoms with Crippen LogP contribution in [0.1, 0.15) is 34.6 Å². The van der Waals surface area contributed by atoms with Crippen molar-refractivity contribution in [2.24, 2.45) is 0 Å². The molecule has 0 aliphatic carbocycles. The van der Waals surface area contributed by atoms with Crippen LogP contribution in [0.2, 0.25) is 0 Å². The number of rotatable bonds is 10. The average molecular weight is 566 g/mol. The van der Waals surface area contributed by atoms with E-state index in [-0.39, 0.29) is 6.54 Å². The number of hydrogen-bond donors (Lipinski definition) is 4. The fourth-order valence-electron chi connectivity index (χ4n) is 4.40. The molecule has 3 rings (SSSR count). The summed E-state index contributed by atoms with van der Waals surface area (Å²) in [7, 11) is 0. The van der Waals surface area contributed by atoms with Gasteiger partial charge in [0, 0.05) is 27.3 Å². The minimum atomic E-state index is -1.70. The van der Waals surface area contributed by atoms with Crippen molar-refractivity contribution < 1.29 is 72.4 Å². The predicted molar refractivity (Wildman–Crippen MR) is 122 cm³/mol. The Morgan fingerprint density at radius 3 is 2.15 bits per heavy atom. The van der Waals surface area contributed by atoms with Crippen LogP contribution >= 0.6 is 0 Å². The number of hydrogen-bond acceptors (Lipinski definition) is 15. The van der Waals surface area contributed by atoms with E-state index in [2.05, 4.69) is 5.32 Å². The van der Waals surface area contributed by atoms with Crippen LogP contribution in [-0.2, 0) is 57.1 Å². The third kappa shape index (κ3) is 8.04. The Kier molecular flexibility index (Phi) is 10.2. The topological polar surface area (TPSA) is 215 Å². The van der Waals surface area contributed by atoms with Gasteiger partial charge in [-0.15, -0.1) is 0 Å². The van der Waals surface area contributed by atoms with Crippen LogP contribution in [-0.4, -0.2) is 126 Å². The standard InChI is InChI=1S/C23H35NO15/c1-9(25)32-7-13-18(34-10(2)26)19(35-11(3)27)16(31)21(36-13)33-8-14(29)24-6-12(28)17-15(30)20-22(37-17)39-23(4,5)38-20/h12-13,15-22,28,30-31H,6-8H2,1-5H3,(H,24,29)/t12-,13-,15+,16-,17-,18-,19-,20-,21+,22-/m1/s1. The molecule has 3 aliphatic rings. The minimum absolute atomic E-state index is 0.333. The van der Waals surface area contributed by atoms with Gasteiger partial charge < -0.3 is 58.5 Å². The lowest BCUT2D eigenvalue weighted by molar-refractivity contribution is -0.304. The van der Waals surface area contributed by atoms with Gasteiger partial charge in [0.2, 0.25) is 5.91 Å². The maximum Gasteiger partial charge on any atom is 0.303 e. The smallest absolute Gasteiger partial charge is 0.303 e. The molecule has 16 heteroatoms. The molecule has 3 aliphatic heterocycles. The van der Waals surface area contributed by atoms with Gasteiger partial charge in [0.05, 0.1) is 0 Å². The van der Waals surface area contributed by atoms with E-state index in [0.717, 1.165) is 20.8 Å². The summed E-state index contributed by atoms with van der Waals surface area (Å²) in [4.78, 5) is 46.9. The molecule has 1 amide bonds. The molecule has 0 aromatic heterocycles. The quantitative estimate of drug-likeness (QED) is 0.156. The molecular weight excluding hydrogens is 530 g/mol. The number of carbonyl (C=O) groups excluding carboxylic acids is 4. The molecule has 0 aromatic rings. The van der Waals surface area contributed by atoms with Crippen LogP contribution in [0, 0.1) is 0 Å². The van der Waals surface area contributed by atoms with Gasteiger partial charge in [0.25, 0.3) is 0 Å². The lowest BCUT2D eigenvalue weighted by atomic mass is 9.98. The Balaban J connectivity index is 1.55. The summed E-state index contributed by atoms with van der Waals surface area (Å²) >= 11 is 0. The van der Waals surface area contributed by atoms with Crippen molar-refractivity contribution in [3.63, 3.8) is 0 Å². The zero-order chi connectivity index (χ0) is 29.1. The van der Waals surface area contributed by atoms with E-state index < -0.39 is 104 Å². The van der Waals surface area contributed by atoms with Gasteiger partial charge >= 0.3 is 17.9 Å². The molecule has 4 N–H and O–H groups in total. The van der Waals surface area contributed by atoms with Gasteiger partial charge in [-0.05, 0) is 13.8 Å². The van der Waals surface area contributed by atoms with E-state index in [0.29, 0.717) is 0 Å². The lowest BCUT2D eigenvalue weighted by Gasteiger charge is -2.42. The fourth-order valence-corrected chi connectivity index (χ4v) is 4.40. The van der Waals surface area contributed by atoms with Crippen LogP contribution in [0.25, 0.3) is 0 Å². The van der Waals surface area contributed by atoms with Crippen LogP contribution in [0.4, 0.5) is 0 Å². The van der Waals surface area contributed by atoms with Crippen molar-refractivity contribution in [2.75, 3.05) is 19.8 Å². The number of amides is 1. The highest BCUT2D eigenvalue weighted by Gasteiger charge is 2.56. The average Bonchev–Trinajstić information content (AvgIpc) is 3.29. The van der Waals surface area contributed by atoms with E-state index in [1.807, 2.05) is 0 Å². The SMILES string of the molecule is CC(=O)OC[C@H]1O[C@H](OCC(=O)NC[C@@H](O)[C@H]2O[C@@H]3OC(C)(C)O[C@@H]3[C@H]2O)[C@H](O)[C@@H](OC(C)=O)[C@@H]1OC(C)=O. The number of aliphatic hydroxyl groups is 3. The molecule has 3 fully saturated rings. The van der Waals surface area contributed by atoms with Gasteiger partial charge in [-0.1, -0.05) is 0 Å². The number of fused-ring (bicyclic) bond motifs is 1. The number of nitrogens with one attached hydrogen (secondary N) is 1. The van der Waals surface area contributed by atoms with Crippen molar-refractivity contribution in [1.82, 2.24) is 5.32 Å². The van der Waals surface area contributed by atoms with E-state index >= 15 is 0 Å². The summed E-state index contributed by atoms with van der Waals surface area (Å²) in [5.41, 5.74) is 0. The highest BCUT2D eigenvalue weighted by molar-refractivity contribution is 5.77. The van der Waals surface area contributed by atoms with Crippen molar-refractivity contribution in [1.29, 1.82) is 0 Å². The summed E-state index contributed by atoms with van der Waals surface area (Å²) in [6.45, 7) is 5.15. The molecule has 0 unspecified atom stereocenters. The Morgan fingerprint density at radius 1 is 0.923 bits per heavy atom. The Bertz CT molecular complexity index is 912. The molecule has 39 heavy (non-hydrogen) atoms.